The number of methoxy groups -OCH3 is 1. The number of rotatable bonds is 5. The topological polar surface area (TPSA) is 94.6 Å². The summed E-state index contributed by atoms with van der Waals surface area (Å²) < 4.78 is 15.9. The third kappa shape index (κ3) is 3.10. The second-order valence-electron chi connectivity index (χ2n) is 5.02. The molecule has 0 aliphatic carbocycles. The number of ether oxygens (including phenoxy) is 3. The SMILES string of the molecule is C=CCOC(=O)C1=C(C)OC(N)=C(C#N)[C@H]1c1ccccc1OC. The van der Waals surface area contributed by atoms with E-state index in [2.05, 4.69) is 6.58 Å². The van der Waals surface area contributed by atoms with Crippen molar-refractivity contribution in [1.82, 2.24) is 0 Å². The number of carbonyl (C=O) groups excluding carboxylic acids is 1. The molecule has 2 N–H and O–H groups in total. The quantitative estimate of drug-likeness (QED) is 0.660. The number of nitrogens with zero attached hydrogens (tertiary/aromatic N) is 1. The van der Waals surface area contributed by atoms with Gasteiger partial charge in [0.25, 0.3) is 0 Å². The molecule has 1 aliphatic heterocycles. The summed E-state index contributed by atoms with van der Waals surface area (Å²) in [5.41, 5.74) is 6.84. The van der Waals surface area contributed by atoms with Gasteiger partial charge in [-0.2, -0.15) is 5.26 Å². The van der Waals surface area contributed by atoms with Crippen LogP contribution in [0.25, 0.3) is 0 Å². The first kappa shape index (κ1) is 17.2. The highest BCUT2D eigenvalue weighted by Crippen LogP contribution is 2.42. The van der Waals surface area contributed by atoms with Crippen LogP contribution in [-0.2, 0) is 14.3 Å². The van der Waals surface area contributed by atoms with Gasteiger partial charge in [-0.05, 0) is 13.0 Å². The van der Waals surface area contributed by atoms with E-state index >= 15 is 0 Å². The molecular weight excluding hydrogens is 308 g/mol. The molecule has 0 unspecified atom stereocenters. The van der Waals surface area contributed by atoms with E-state index in [-0.39, 0.29) is 29.4 Å². The van der Waals surface area contributed by atoms with Gasteiger partial charge in [-0.1, -0.05) is 30.9 Å². The van der Waals surface area contributed by atoms with Crippen molar-refractivity contribution < 1.29 is 19.0 Å². The molecule has 0 fully saturated rings. The lowest BCUT2D eigenvalue weighted by molar-refractivity contribution is -0.138. The highest BCUT2D eigenvalue weighted by Gasteiger charge is 2.37. The first-order valence-corrected chi connectivity index (χ1v) is 7.24. The van der Waals surface area contributed by atoms with Crippen molar-refractivity contribution in [2.75, 3.05) is 13.7 Å². The summed E-state index contributed by atoms with van der Waals surface area (Å²) in [5, 5.41) is 9.52. The second-order valence-corrected chi connectivity index (χ2v) is 5.02. The zero-order valence-electron chi connectivity index (χ0n) is 13.5. The number of esters is 1. The van der Waals surface area contributed by atoms with Crippen molar-refractivity contribution in [3.05, 3.63) is 65.3 Å². The number of hydrogen-bond acceptors (Lipinski definition) is 6. The largest absolute Gasteiger partial charge is 0.496 e. The predicted octanol–water partition coefficient (Wildman–Crippen LogP) is 2.51. The zero-order valence-corrected chi connectivity index (χ0v) is 13.5. The van der Waals surface area contributed by atoms with Gasteiger partial charge in [-0.25, -0.2) is 4.79 Å². The molecule has 2 rings (SSSR count). The minimum atomic E-state index is -0.725. The number of carbonyl (C=O) groups is 1. The van der Waals surface area contributed by atoms with Crippen molar-refractivity contribution in [1.29, 1.82) is 5.26 Å². The summed E-state index contributed by atoms with van der Waals surface area (Å²) in [7, 11) is 1.52. The highest BCUT2D eigenvalue weighted by molar-refractivity contribution is 5.92. The molecular formula is C18H18N2O4. The van der Waals surface area contributed by atoms with Crippen LogP contribution in [0.15, 0.2) is 59.7 Å². The van der Waals surface area contributed by atoms with Gasteiger partial charge in [-0.15, -0.1) is 0 Å². The highest BCUT2D eigenvalue weighted by atomic mass is 16.5. The van der Waals surface area contributed by atoms with Crippen LogP contribution < -0.4 is 10.5 Å². The molecule has 0 saturated heterocycles. The van der Waals surface area contributed by atoms with E-state index in [0.29, 0.717) is 11.3 Å². The molecule has 0 radical (unpaired) electrons. The fourth-order valence-electron chi connectivity index (χ4n) is 2.57. The number of nitriles is 1. The lowest BCUT2D eigenvalue weighted by atomic mass is 9.82. The van der Waals surface area contributed by atoms with Crippen LogP contribution in [0.3, 0.4) is 0 Å². The second kappa shape index (κ2) is 7.38. The molecule has 0 bridgehead atoms. The Morgan fingerprint density at radius 3 is 2.83 bits per heavy atom. The number of hydrogen-bond donors (Lipinski definition) is 1. The van der Waals surface area contributed by atoms with Gasteiger partial charge in [0.2, 0.25) is 5.88 Å². The van der Waals surface area contributed by atoms with Crippen LogP contribution >= 0.6 is 0 Å². The smallest absolute Gasteiger partial charge is 0.338 e. The molecule has 24 heavy (non-hydrogen) atoms. The summed E-state index contributed by atoms with van der Waals surface area (Å²) in [6.45, 7) is 5.17. The maximum Gasteiger partial charge on any atom is 0.338 e. The summed E-state index contributed by atoms with van der Waals surface area (Å²) >= 11 is 0. The van der Waals surface area contributed by atoms with Gasteiger partial charge in [0.15, 0.2) is 0 Å². The van der Waals surface area contributed by atoms with Crippen LogP contribution in [0.4, 0.5) is 0 Å². The lowest BCUT2D eigenvalue weighted by Crippen LogP contribution is -2.25. The van der Waals surface area contributed by atoms with Gasteiger partial charge in [0.05, 0.1) is 18.6 Å². The Balaban J connectivity index is 2.62. The Morgan fingerprint density at radius 1 is 1.50 bits per heavy atom. The molecule has 1 atom stereocenters. The van der Waals surface area contributed by atoms with E-state index < -0.39 is 11.9 Å². The van der Waals surface area contributed by atoms with Crippen LogP contribution in [0.1, 0.15) is 18.4 Å². The molecule has 0 amide bonds. The van der Waals surface area contributed by atoms with Crippen molar-refractivity contribution in [2.45, 2.75) is 12.8 Å². The monoisotopic (exact) mass is 326 g/mol. The first-order chi connectivity index (χ1) is 11.5. The summed E-state index contributed by atoms with van der Waals surface area (Å²) in [6, 6.07) is 9.14. The van der Waals surface area contributed by atoms with E-state index in [1.54, 1.807) is 31.2 Å². The molecule has 1 aromatic carbocycles. The van der Waals surface area contributed by atoms with Crippen molar-refractivity contribution in [3.63, 3.8) is 0 Å². The van der Waals surface area contributed by atoms with Crippen molar-refractivity contribution in [3.8, 4) is 11.8 Å². The molecule has 1 aliphatic rings. The average Bonchev–Trinajstić information content (AvgIpc) is 2.59. The Hall–Kier alpha value is -3.20. The number of nitrogens with two attached hydrogens (primary N) is 1. The Bertz CT molecular complexity index is 771. The van der Waals surface area contributed by atoms with E-state index in [0.717, 1.165) is 0 Å². The number of para-hydroxylation sites is 1. The fourth-order valence-corrected chi connectivity index (χ4v) is 2.57. The Kier molecular flexibility index (Phi) is 5.27. The fraction of sp³-hybridized carbons (Fsp3) is 0.222. The summed E-state index contributed by atoms with van der Waals surface area (Å²) in [6.07, 6.45) is 1.46. The normalized spacial score (nSPS) is 17.0. The maximum atomic E-state index is 12.5. The molecule has 124 valence electrons. The first-order valence-electron chi connectivity index (χ1n) is 7.24. The predicted molar refractivity (Wildman–Crippen MR) is 87.5 cm³/mol. The van der Waals surface area contributed by atoms with Crippen LogP contribution in [0.2, 0.25) is 0 Å². The standard InChI is InChI=1S/C18H18N2O4/c1-4-9-23-18(21)15-11(2)24-17(20)13(10-19)16(15)12-7-5-6-8-14(12)22-3/h4-8,16H,1,9,20H2,2-3H3/t16-/m1/s1. The van der Waals surface area contributed by atoms with Gasteiger partial charge in [-0.3, -0.25) is 0 Å². The van der Waals surface area contributed by atoms with Gasteiger partial charge in [0.1, 0.15) is 29.8 Å². The van der Waals surface area contributed by atoms with E-state index in [9.17, 15) is 10.1 Å². The molecule has 1 aromatic rings. The minimum Gasteiger partial charge on any atom is -0.496 e. The lowest BCUT2D eigenvalue weighted by Gasteiger charge is -2.27. The van der Waals surface area contributed by atoms with Crippen LogP contribution in [-0.4, -0.2) is 19.7 Å². The molecule has 1 heterocycles. The molecule has 6 heteroatoms. The molecule has 0 spiro atoms. The molecule has 6 nitrogen and oxygen atoms in total. The van der Waals surface area contributed by atoms with E-state index in [1.165, 1.54) is 13.2 Å². The van der Waals surface area contributed by atoms with Gasteiger partial charge >= 0.3 is 5.97 Å². The van der Waals surface area contributed by atoms with E-state index in [4.69, 9.17) is 19.9 Å². The van der Waals surface area contributed by atoms with E-state index in [1.807, 2.05) is 6.07 Å². The summed E-state index contributed by atoms with van der Waals surface area (Å²) in [4.78, 5) is 12.5. The van der Waals surface area contributed by atoms with Crippen molar-refractivity contribution in [2.24, 2.45) is 5.73 Å². The Labute approximate surface area is 140 Å². The van der Waals surface area contributed by atoms with Crippen LogP contribution in [0, 0.1) is 11.3 Å². The maximum absolute atomic E-state index is 12.5. The Morgan fingerprint density at radius 2 is 2.21 bits per heavy atom. The minimum absolute atomic E-state index is 0.0359. The molecule has 0 aromatic heterocycles. The van der Waals surface area contributed by atoms with Gasteiger partial charge < -0.3 is 19.9 Å². The third-order valence-corrected chi connectivity index (χ3v) is 3.61. The third-order valence-electron chi connectivity index (χ3n) is 3.61. The number of allylic oxidation sites excluding steroid dienone is 2. The van der Waals surface area contributed by atoms with Gasteiger partial charge in [0, 0.05) is 5.56 Å². The summed E-state index contributed by atoms with van der Waals surface area (Å²) in [5.74, 6) is -0.532. The zero-order chi connectivity index (χ0) is 17.7. The molecule has 0 saturated carbocycles. The van der Waals surface area contributed by atoms with Crippen LogP contribution in [0.5, 0.6) is 5.75 Å². The average molecular weight is 326 g/mol. The van der Waals surface area contributed by atoms with Crippen molar-refractivity contribution >= 4 is 5.97 Å². The number of benzene rings is 1.